The van der Waals surface area contributed by atoms with Gasteiger partial charge in [0.05, 0.1) is 5.56 Å². The number of benzene rings is 1. The molecular weight excluding hydrogens is 270 g/mol. The van der Waals surface area contributed by atoms with E-state index in [2.05, 4.69) is 32.2 Å². The molecule has 0 fully saturated rings. The maximum Gasteiger partial charge on any atom is 0.335 e. The molecule has 2 N–H and O–H groups in total. The summed E-state index contributed by atoms with van der Waals surface area (Å²) in [5.41, 5.74) is 2.76. The van der Waals surface area contributed by atoms with E-state index < -0.39 is 5.97 Å². The molecule has 2 rings (SSSR count). The van der Waals surface area contributed by atoms with Crippen LogP contribution in [0.25, 0.3) is 0 Å². The van der Waals surface area contributed by atoms with Gasteiger partial charge in [0.25, 0.3) is 0 Å². The SMILES string of the molecule is Cc1cc(C(C)NCc2ccc(C(=O)O)cc2)c(C)s1. The first-order valence-corrected chi connectivity index (χ1v) is 7.41. The van der Waals surface area contributed by atoms with Crippen LogP contribution >= 0.6 is 11.3 Å². The van der Waals surface area contributed by atoms with E-state index in [0.29, 0.717) is 11.6 Å². The van der Waals surface area contributed by atoms with Gasteiger partial charge in [0.15, 0.2) is 0 Å². The molecule has 1 aromatic heterocycles. The van der Waals surface area contributed by atoms with Crippen molar-refractivity contribution >= 4 is 17.3 Å². The zero-order valence-corrected chi connectivity index (χ0v) is 12.8. The molecule has 0 bridgehead atoms. The normalized spacial score (nSPS) is 12.3. The van der Waals surface area contributed by atoms with Crippen molar-refractivity contribution in [2.75, 3.05) is 0 Å². The number of aryl methyl sites for hydroxylation is 2. The van der Waals surface area contributed by atoms with Crippen molar-refractivity contribution in [1.82, 2.24) is 5.32 Å². The van der Waals surface area contributed by atoms with Crippen molar-refractivity contribution in [1.29, 1.82) is 0 Å². The van der Waals surface area contributed by atoms with E-state index in [4.69, 9.17) is 5.11 Å². The molecule has 4 heteroatoms. The maximum atomic E-state index is 10.8. The Balaban J connectivity index is 1.98. The Labute approximate surface area is 123 Å². The van der Waals surface area contributed by atoms with Crippen LogP contribution in [0.15, 0.2) is 30.3 Å². The fourth-order valence-electron chi connectivity index (χ4n) is 2.23. The molecule has 0 aliphatic heterocycles. The Hall–Kier alpha value is -1.65. The molecule has 0 radical (unpaired) electrons. The summed E-state index contributed by atoms with van der Waals surface area (Å²) < 4.78 is 0. The summed E-state index contributed by atoms with van der Waals surface area (Å²) in [5, 5.41) is 12.3. The Morgan fingerprint density at radius 1 is 1.30 bits per heavy atom. The summed E-state index contributed by atoms with van der Waals surface area (Å²) in [5.74, 6) is -0.887. The second kappa shape index (κ2) is 6.20. The van der Waals surface area contributed by atoms with Crippen LogP contribution in [0.4, 0.5) is 0 Å². The predicted molar refractivity (Wildman–Crippen MR) is 82.4 cm³/mol. The standard InChI is InChI=1S/C16H19NO2S/c1-10-8-15(12(3)20-10)11(2)17-9-13-4-6-14(7-5-13)16(18)19/h4-8,11,17H,9H2,1-3H3,(H,18,19). The molecule has 0 spiro atoms. The number of rotatable bonds is 5. The molecule has 20 heavy (non-hydrogen) atoms. The smallest absolute Gasteiger partial charge is 0.335 e. The first kappa shape index (κ1) is 14.8. The van der Waals surface area contributed by atoms with Crippen molar-refractivity contribution in [3.05, 3.63) is 56.8 Å². The summed E-state index contributed by atoms with van der Waals surface area (Å²) in [6.07, 6.45) is 0. The molecular formula is C16H19NO2S. The van der Waals surface area contributed by atoms with Crippen LogP contribution < -0.4 is 5.32 Å². The molecule has 0 amide bonds. The van der Waals surface area contributed by atoms with Crippen LogP contribution in [-0.2, 0) is 6.54 Å². The third kappa shape index (κ3) is 3.46. The third-order valence-corrected chi connectivity index (χ3v) is 4.34. The van der Waals surface area contributed by atoms with E-state index in [1.165, 1.54) is 15.3 Å². The number of thiophene rings is 1. The average Bonchev–Trinajstić information content (AvgIpc) is 2.75. The van der Waals surface area contributed by atoms with Crippen LogP contribution in [0, 0.1) is 13.8 Å². The largest absolute Gasteiger partial charge is 0.478 e. The van der Waals surface area contributed by atoms with E-state index in [1.807, 2.05) is 23.5 Å². The van der Waals surface area contributed by atoms with Gasteiger partial charge in [0.2, 0.25) is 0 Å². The molecule has 2 aromatic rings. The maximum absolute atomic E-state index is 10.8. The van der Waals surface area contributed by atoms with Crippen molar-refractivity contribution in [2.24, 2.45) is 0 Å². The van der Waals surface area contributed by atoms with E-state index in [0.717, 1.165) is 12.1 Å². The van der Waals surface area contributed by atoms with Gasteiger partial charge in [-0.25, -0.2) is 4.79 Å². The quantitative estimate of drug-likeness (QED) is 0.877. The van der Waals surface area contributed by atoms with Gasteiger partial charge < -0.3 is 10.4 Å². The van der Waals surface area contributed by atoms with Gasteiger partial charge in [-0.1, -0.05) is 12.1 Å². The zero-order chi connectivity index (χ0) is 14.7. The van der Waals surface area contributed by atoms with Gasteiger partial charge >= 0.3 is 5.97 Å². The summed E-state index contributed by atoms with van der Waals surface area (Å²) in [7, 11) is 0. The summed E-state index contributed by atoms with van der Waals surface area (Å²) >= 11 is 1.82. The molecule has 0 aliphatic carbocycles. The topological polar surface area (TPSA) is 49.3 Å². The molecule has 0 saturated carbocycles. The van der Waals surface area contributed by atoms with Crippen LogP contribution in [0.3, 0.4) is 0 Å². The number of hydrogen-bond acceptors (Lipinski definition) is 3. The molecule has 1 unspecified atom stereocenters. The Morgan fingerprint density at radius 3 is 2.45 bits per heavy atom. The highest BCUT2D eigenvalue weighted by molar-refractivity contribution is 7.12. The predicted octanol–water partition coefficient (Wildman–Crippen LogP) is 3.91. The van der Waals surface area contributed by atoms with Crippen molar-refractivity contribution in [3.63, 3.8) is 0 Å². The number of carboxylic acid groups (broad SMARTS) is 1. The molecule has 3 nitrogen and oxygen atoms in total. The molecule has 106 valence electrons. The second-order valence-corrected chi connectivity index (χ2v) is 6.43. The summed E-state index contributed by atoms with van der Waals surface area (Å²) in [6, 6.07) is 9.52. The van der Waals surface area contributed by atoms with Crippen molar-refractivity contribution in [3.8, 4) is 0 Å². The fraction of sp³-hybridized carbons (Fsp3) is 0.312. The monoisotopic (exact) mass is 289 g/mol. The lowest BCUT2D eigenvalue weighted by Crippen LogP contribution is -2.18. The summed E-state index contributed by atoms with van der Waals surface area (Å²) in [6.45, 7) is 7.15. The highest BCUT2D eigenvalue weighted by Gasteiger charge is 2.10. The number of carboxylic acids is 1. The number of carbonyl (C=O) groups is 1. The molecule has 1 atom stereocenters. The van der Waals surface area contributed by atoms with Gasteiger partial charge in [-0.2, -0.15) is 0 Å². The fourth-order valence-corrected chi connectivity index (χ4v) is 3.25. The summed E-state index contributed by atoms with van der Waals surface area (Å²) in [4.78, 5) is 13.5. The minimum absolute atomic E-state index is 0.291. The van der Waals surface area contributed by atoms with Gasteiger partial charge in [-0.15, -0.1) is 11.3 Å². The Morgan fingerprint density at radius 2 is 1.95 bits per heavy atom. The van der Waals surface area contributed by atoms with Gasteiger partial charge in [-0.05, 0) is 50.1 Å². The van der Waals surface area contributed by atoms with Gasteiger partial charge in [0, 0.05) is 22.3 Å². The molecule has 1 heterocycles. The van der Waals surface area contributed by atoms with Crippen molar-refractivity contribution < 1.29 is 9.90 Å². The Kier molecular flexibility index (Phi) is 4.57. The van der Waals surface area contributed by atoms with E-state index >= 15 is 0 Å². The van der Waals surface area contributed by atoms with Gasteiger partial charge in [0.1, 0.15) is 0 Å². The number of hydrogen-bond donors (Lipinski definition) is 2. The lowest BCUT2D eigenvalue weighted by atomic mass is 10.1. The van der Waals surface area contributed by atoms with Gasteiger partial charge in [-0.3, -0.25) is 0 Å². The minimum atomic E-state index is -0.887. The van der Waals surface area contributed by atoms with Crippen LogP contribution in [0.1, 0.15) is 44.2 Å². The van der Waals surface area contributed by atoms with Crippen LogP contribution in [0.2, 0.25) is 0 Å². The molecule has 0 aliphatic rings. The molecule has 1 aromatic carbocycles. The van der Waals surface area contributed by atoms with E-state index in [-0.39, 0.29) is 0 Å². The Bertz CT molecular complexity index is 601. The third-order valence-electron chi connectivity index (χ3n) is 3.36. The average molecular weight is 289 g/mol. The van der Waals surface area contributed by atoms with Crippen LogP contribution in [0.5, 0.6) is 0 Å². The number of nitrogens with one attached hydrogen (secondary N) is 1. The second-order valence-electron chi connectivity index (χ2n) is 4.97. The minimum Gasteiger partial charge on any atom is -0.478 e. The highest BCUT2D eigenvalue weighted by Crippen LogP contribution is 2.26. The zero-order valence-electron chi connectivity index (χ0n) is 11.9. The first-order chi connectivity index (χ1) is 9.47. The molecule has 0 saturated heterocycles. The highest BCUT2D eigenvalue weighted by atomic mass is 32.1. The number of aromatic carboxylic acids is 1. The van der Waals surface area contributed by atoms with Crippen molar-refractivity contribution in [2.45, 2.75) is 33.4 Å². The van der Waals surface area contributed by atoms with E-state index in [9.17, 15) is 4.79 Å². The lowest BCUT2D eigenvalue weighted by Gasteiger charge is -2.14. The van der Waals surface area contributed by atoms with Crippen LogP contribution in [-0.4, -0.2) is 11.1 Å². The van der Waals surface area contributed by atoms with E-state index in [1.54, 1.807) is 12.1 Å². The first-order valence-electron chi connectivity index (χ1n) is 6.60. The lowest BCUT2D eigenvalue weighted by molar-refractivity contribution is 0.0697.